The van der Waals surface area contributed by atoms with Gasteiger partial charge in [0.05, 0.1) is 25.9 Å². The van der Waals surface area contributed by atoms with Crippen molar-refractivity contribution in [2.45, 2.75) is 241 Å². The zero-order valence-corrected chi connectivity index (χ0v) is 77.3. The Morgan fingerprint density at radius 1 is 0.519 bits per heavy atom. The number of phenolic OH excluding ortho intramolecular Hbond substituents is 1. The molecule has 0 aliphatic carbocycles. The summed E-state index contributed by atoms with van der Waals surface area (Å²) in [6.07, 6.45) is 7.62. The molecule has 43 nitrogen and oxygen atoms in total. The van der Waals surface area contributed by atoms with Gasteiger partial charge in [-0.2, -0.15) is 0 Å². The number of aromatic amines is 3. The number of nitrogens with one attached hydrogen (secondary N) is 15. The molecule has 3 aliphatic heterocycles. The Kier molecular flexibility index (Phi) is 38.7. The van der Waals surface area contributed by atoms with Crippen LogP contribution in [0.1, 0.15) is 153 Å². The number of guanidine groups is 1. The summed E-state index contributed by atoms with van der Waals surface area (Å²) >= 11 is 0. The number of fused-ring (bicyclic) bond motifs is 4. The summed E-state index contributed by atoms with van der Waals surface area (Å²) in [6, 6.07) is -1.58. The molecule has 0 saturated carbocycles. The molecule has 0 radical (unpaired) electrons. The van der Waals surface area contributed by atoms with Crippen molar-refractivity contribution < 1.29 is 91.7 Å². The predicted octanol–water partition coefficient (Wildman–Crippen LogP) is -1.69. The van der Waals surface area contributed by atoms with Crippen molar-refractivity contribution in [3.63, 3.8) is 0 Å². The lowest BCUT2D eigenvalue weighted by atomic mass is 10.00. The molecule has 135 heavy (non-hydrogen) atoms. The van der Waals surface area contributed by atoms with E-state index in [0.29, 0.717) is 69.9 Å². The highest BCUT2D eigenvalue weighted by Crippen LogP contribution is 2.28. The van der Waals surface area contributed by atoms with Crippen molar-refractivity contribution in [2.75, 3.05) is 53.9 Å². The molecular formula is C92H128N24O19. The third-order valence-electron chi connectivity index (χ3n) is 24.4. The van der Waals surface area contributed by atoms with E-state index in [2.05, 4.69) is 78.4 Å². The minimum absolute atomic E-state index is 0.00177. The number of imidazole rings is 1. The Morgan fingerprint density at radius 3 is 1.58 bits per heavy atom. The molecule has 6 aromatic rings. The molecule has 2 fully saturated rings. The first-order valence-corrected chi connectivity index (χ1v) is 45.6. The van der Waals surface area contributed by atoms with Crippen LogP contribution in [0, 0.1) is 11.3 Å². The number of amides is 17. The number of likely N-dealkylation sites (N-methyl/N-ethyl adjacent to an activating group) is 3. The first kappa shape index (κ1) is 104. The van der Waals surface area contributed by atoms with Gasteiger partial charge in [0.2, 0.25) is 100 Å². The van der Waals surface area contributed by atoms with Gasteiger partial charge in [0.1, 0.15) is 90.3 Å². The number of aromatic hydroxyl groups is 1. The topological polar surface area (TPSA) is 641 Å². The van der Waals surface area contributed by atoms with Gasteiger partial charge in [0.15, 0.2) is 5.96 Å². The number of carbonyl (C=O) groups excluding carboxylic acids is 17. The van der Waals surface area contributed by atoms with Crippen LogP contribution >= 0.6 is 0 Å². The van der Waals surface area contributed by atoms with E-state index >= 15 is 38.4 Å². The van der Waals surface area contributed by atoms with Crippen LogP contribution in [0.25, 0.3) is 21.8 Å². The Hall–Kier alpha value is -14.3. The number of hydrogen-bond donors (Lipinski definition) is 20. The van der Waals surface area contributed by atoms with E-state index in [0.717, 1.165) is 31.8 Å². The van der Waals surface area contributed by atoms with Crippen LogP contribution in [0.3, 0.4) is 0 Å². The average Bonchev–Trinajstić information content (AvgIpc) is 1.75. The van der Waals surface area contributed by atoms with Gasteiger partial charge in [0.25, 0.3) is 0 Å². The smallest absolute Gasteiger partial charge is 0.246 e. The number of carbonyl (C=O) groups is 17. The van der Waals surface area contributed by atoms with Crippen molar-refractivity contribution in [1.82, 2.24) is 103 Å². The number of nitrogens with zero attached hydrogens (tertiary/aromatic N) is 6. The number of rotatable bonds is 26. The standard InChI is InChI=1S/C92H128N24O19/c1-9-11-27-71-84(128)105-63(26-18-36-98-92(95)96)80(124)104-62(79(123)101-48-76(94)120)25-17-31-77(121)103-67(40-53-32-34-57(118)35-33-53)87(131)112(6)52(5)78(122)108-69(44-75(93)119)90(134)116-38-20-30-73(116)86(130)107-65(43-56-47-97-50-102-56)82(126)109-66(39-51(3)4)89(133)115-37-19-29-72(115)85(129)106-64(41-54-45-99-60-23-15-13-21-58(54)60)81(125)111-70(49-117)83(127)110-68(42-55-46-100-61-24-16-14-22-59(55)61)88(132)114(8)74(28-12-10-2)91(135)113(71)7/h13-17,21-24,31-35,45-47,50-52,62-74,99-100,117-118H,9-12,18-20,25-30,36-44,48-49H2,1-8H3,(H2,93,119)(H2,94,120)(H,97,102)(H,101,123)(H,103,121)(H,104,124)(H,105,128)(H,106,129)(H,107,130)(H,108,122)(H,109,126)(H,110,127)(H,111,125)(H4,95,96,98). The molecule has 0 spiro atoms. The molecule has 9 rings (SSSR count). The molecule has 14 atom stereocenters. The van der Waals surface area contributed by atoms with Crippen LogP contribution in [0.2, 0.25) is 0 Å². The summed E-state index contributed by atoms with van der Waals surface area (Å²) in [5.41, 5.74) is 19.9. The first-order chi connectivity index (χ1) is 64.4. The summed E-state index contributed by atoms with van der Waals surface area (Å²) in [6.45, 7) is 6.60. The highest BCUT2D eigenvalue weighted by Gasteiger charge is 2.46. The number of unbranched alkanes of at least 4 members (excludes halogenated alkanes) is 2. The number of aromatic nitrogens is 4. The SMILES string of the molecule is CCCCC1C(=O)N(C)C(CCCC)C(=O)NC(CCCNC(=N)N)C(=O)NC(C(=O)NCC(N)=O)CC=CC(=O)NC(Cc2ccc(O)cc2)C(=O)N(C)C(C)C(=O)NC(CC(N)=O)C(=O)N2CCCC2C(=O)NC(Cc2cnc[nH]2)C(=O)NC(CC(C)C)C(=O)N2CCCC2C(=O)NC(Cc2c[nH]c3ccccc23)C(=O)NC(CO)C(=O)NC(Cc2c[nH]c3ccccc23)C(=O)N1C. The lowest BCUT2D eigenvalue weighted by molar-refractivity contribution is -0.149. The highest BCUT2D eigenvalue weighted by atomic mass is 16.3. The molecule has 17 amide bonds. The number of H-pyrrole nitrogens is 3. The fraction of sp³-hybridized carbons (Fsp3) is 0.511. The monoisotopic (exact) mass is 1870 g/mol. The van der Waals surface area contributed by atoms with Crippen LogP contribution in [0.4, 0.5) is 0 Å². The molecule has 3 aromatic carbocycles. The first-order valence-electron chi connectivity index (χ1n) is 45.6. The van der Waals surface area contributed by atoms with Gasteiger partial charge in [-0.1, -0.05) is 108 Å². The second-order valence-corrected chi connectivity index (χ2v) is 34.8. The van der Waals surface area contributed by atoms with Gasteiger partial charge < -0.3 is 125 Å². The van der Waals surface area contributed by atoms with E-state index in [9.17, 15) is 53.4 Å². The molecule has 3 aromatic heterocycles. The fourth-order valence-electron chi connectivity index (χ4n) is 16.9. The fourth-order valence-corrected chi connectivity index (χ4v) is 16.9. The maximum Gasteiger partial charge on any atom is 0.246 e. The van der Waals surface area contributed by atoms with Crippen molar-refractivity contribution >= 4 is 128 Å². The zero-order chi connectivity index (χ0) is 98.4. The second-order valence-electron chi connectivity index (χ2n) is 34.8. The van der Waals surface area contributed by atoms with E-state index in [4.69, 9.17) is 22.6 Å². The van der Waals surface area contributed by atoms with Crippen LogP contribution in [-0.4, -0.2) is 300 Å². The van der Waals surface area contributed by atoms with Crippen LogP contribution in [-0.2, 0) is 107 Å². The Bertz CT molecular complexity index is 5250. The molecule has 0 bridgehead atoms. The van der Waals surface area contributed by atoms with Crippen molar-refractivity contribution in [3.05, 3.63) is 132 Å². The van der Waals surface area contributed by atoms with Gasteiger partial charge >= 0.3 is 0 Å². The van der Waals surface area contributed by atoms with Gasteiger partial charge in [-0.05, 0) is 124 Å². The van der Waals surface area contributed by atoms with Crippen molar-refractivity contribution in [1.29, 1.82) is 5.41 Å². The minimum atomic E-state index is -1.85. The molecule has 3 aliphatic rings. The predicted molar refractivity (Wildman–Crippen MR) is 495 cm³/mol. The number of aliphatic hydroxyl groups is 1. The maximum atomic E-state index is 15.8. The summed E-state index contributed by atoms with van der Waals surface area (Å²) in [4.78, 5) is 269. The summed E-state index contributed by atoms with van der Waals surface area (Å²) in [7, 11) is 3.91. The van der Waals surface area contributed by atoms with Gasteiger partial charge in [0, 0.05) is 113 Å². The highest BCUT2D eigenvalue weighted by molar-refractivity contribution is 6.03. The average molecular weight is 1870 g/mol. The van der Waals surface area contributed by atoms with Crippen molar-refractivity contribution in [2.24, 2.45) is 23.1 Å². The number of hydrogen-bond acceptors (Lipinski definition) is 21. The zero-order valence-electron chi connectivity index (χ0n) is 77.3. The Balaban J connectivity index is 1.11. The van der Waals surface area contributed by atoms with E-state index in [1.54, 1.807) is 74.8 Å². The summed E-state index contributed by atoms with van der Waals surface area (Å²) < 4.78 is 0. The Morgan fingerprint density at radius 2 is 1.02 bits per heavy atom. The van der Waals surface area contributed by atoms with E-state index < -0.39 is 217 Å². The number of aliphatic hydroxyl groups excluding tert-OH is 1. The molecule has 730 valence electrons. The van der Waals surface area contributed by atoms with Crippen LogP contribution in [0.5, 0.6) is 5.75 Å². The normalized spacial score (nSPS) is 24.1. The third-order valence-corrected chi connectivity index (χ3v) is 24.4. The molecule has 2 saturated heterocycles. The van der Waals surface area contributed by atoms with E-state index in [-0.39, 0.29) is 115 Å². The summed E-state index contributed by atoms with van der Waals surface area (Å²) in [5.74, 6) is -16.6. The number of benzene rings is 3. The second kappa shape index (κ2) is 50.0. The Labute approximate surface area is 780 Å². The molecule has 23 N–H and O–H groups in total. The minimum Gasteiger partial charge on any atom is -0.508 e. The number of phenols is 1. The summed E-state index contributed by atoms with van der Waals surface area (Å²) in [5, 5.41) is 59.8. The van der Waals surface area contributed by atoms with E-state index in [1.165, 1.54) is 69.8 Å². The lowest BCUT2D eigenvalue weighted by Gasteiger charge is -2.36. The maximum absolute atomic E-state index is 15.8. The largest absolute Gasteiger partial charge is 0.508 e. The molecule has 6 heterocycles. The van der Waals surface area contributed by atoms with Crippen LogP contribution < -0.4 is 75.7 Å². The van der Waals surface area contributed by atoms with Crippen molar-refractivity contribution in [3.8, 4) is 5.75 Å². The van der Waals surface area contributed by atoms with Crippen LogP contribution in [0.15, 0.2) is 110 Å². The van der Waals surface area contributed by atoms with Gasteiger partial charge in [-0.25, -0.2) is 4.98 Å². The third kappa shape index (κ3) is 29.1. The van der Waals surface area contributed by atoms with Gasteiger partial charge in [-0.3, -0.25) is 86.9 Å². The van der Waals surface area contributed by atoms with E-state index in [1.807, 2.05) is 13.8 Å². The molecule has 14 unspecified atom stereocenters. The molecular weight excluding hydrogens is 1750 g/mol. The number of primary amides is 2. The molecule has 43 heteroatoms. The number of para-hydroxylation sites is 2. The number of nitrogens with two attached hydrogens (primary N) is 3. The van der Waals surface area contributed by atoms with Gasteiger partial charge in [-0.15, -0.1) is 0 Å². The quantitative estimate of drug-likeness (QED) is 0.0164. The lowest BCUT2D eigenvalue weighted by Crippen LogP contribution is -2.62.